The molecule has 21 heavy (non-hydrogen) atoms. The molecular weight excluding hydrogens is 262 g/mol. The summed E-state index contributed by atoms with van der Waals surface area (Å²) in [5.41, 5.74) is 2.23. The molecule has 0 saturated carbocycles. The van der Waals surface area contributed by atoms with Crippen molar-refractivity contribution in [3.8, 4) is 6.07 Å². The number of hydrogen-bond acceptors (Lipinski definition) is 4. The van der Waals surface area contributed by atoms with Crippen molar-refractivity contribution in [2.24, 2.45) is 0 Å². The third-order valence-corrected chi connectivity index (χ3v) is 3.96. The number of aromatic nitrogens is 2. The highest BCUT2D eigenvalue weighted by atomic mass is 15.3. The Morgan fingerprint density at radius 2 is 1.95 bits per heavy atom. The van der Waals surface area contributed by atoms with Gasteiger partial charge in [-0.25, -0.2) is 4.98 Å². The van der Waals surface area contributed by atoms with Crippen LogP contribution in [0.5, 0.6) is 0 Å². The van der Waals surface area contributed by atoms with Gasteiger partial charge in [-0.3, -0.25) is 9.80 Å². The highest BCUT2D eigenvalue weighted by Gasteiger charge is 2.25. The Labute approximate surface area is 124 Å². The van der Waals surface area contributed by atoms with Gasteiger partial charge < -0.3 is 4.98 Å². The van der Waals surface area contributed by atoms with E-state index in [1.54, 1.807) is 12.5 Å². The third kappa shape index (κ3) is 3.30. The molecular formula is C16H19N5. The van der Waals surface area contributed by atoms with Gasteiger partial charge >= 0.3 is 0 Å². The molecule has 1 fully saturated rings. The number of nitriles is 1. The molecule has 108 valence electrons. The zero-order chi connectivity index (χ0) is 14.5. The topological polar surface area (TPSA) is 59.0 Å². The molecule has 1 aliphatic rings. The Bertz CT molecular complexity index is 579. The van der Waals surface area contributed by atoms with Gasteiger partial charge in [-0.2, -0.15) is 5.26 Å². The highest BCUT2D eigenvalue weighted by Crippen LogP contribution is 2.19. The number of piperazine rings is 1. The minimum Gasteiger partial charge on any atom is -0.346 e. The van der Waals surface area contributed by atoms with Crippen molar-refractivity contribution < 1.29 is 0 Å². The normalized spacial score (nSPS) is 18.2. The fourth-order valence-electron chi connectivity index (χ4n) is 2.79. The van der Waals surface area contributed by atoms with Gasteiger partial charge in [-0.1, -0.05) is 30.3 Å². The molecule has 0 aliphatic carbocycles. The summed E-state index contributed by atoms with van der Waals surface area (Å²) in [5.74, 6) is 0. The Morgan fingerprint density at radius 1 is 1.19 bits per heavy atom. The van der Waals surface area contributed by atoms with E-state index in [0.29, 0.717) is 0 Å². The molecule has 5 nitrogen and oxygen atoms in total. The molecule has 1 saturated heterocycles. The van der Waals surface area contributed by atoms with Gasteiger partial charge in [0.05, 0.1) is 24.3 Å². The zero-order valence-corrected chi connectivity index (χ0v) is 11.9. The average Bonchev–Trinajstić information content (AvgIpc) is 3.05. The predicted octanol–water partition coefficient (Wildman–Crippen LogP) is 1.79. The first-order valence-electron chi connectivity index (χ1n) is 7.25. The zero-order valence-electron chi connectivity index (χ0n) is 11.9. The lowest BCUT2D eigenvalue weighted by atomic mass is 10.1. The van der Waals surface area contributed by atoms with E-state index in [1.807, 2.05) is 6.07 Å². The van der Waals surface area contributed by atoms with E-state index >= 15 is 0 Å². The summed E-state index contributed by atoms with van der Waals surface area (Å²) in [6, 6.07) is 12.7. The van der Waals surface area contributed by atoms with E-state index < -0.39 is 0 Å². The van der Waals surface area contributed by atoms with Crippen LogP contribution < -0.4 is 0 Å². The Balaban J connectivity index is 1.56. The molecule has 2 heterocycles. The van der Waals surface area contributed by atoms with Crippen molar-refractivity contribution in [2.45, 2.75) is 12.6 Å². The molecule has 0 spiro atoms. The maximum absolute atomic E-state index is 9.40. The SMILES string of the molecule is N#CC(c1cnc[nH]1)N1CCN(Cc2ccccc2)CC1. The lowest BCUT2D eigenvalue weighted by Gasteiger charge is -2.36. The van der Waals surface area contributed by atoms with Crippen LogP contribution in [0.2, 0.25) is 0 Å². The van der Waals surface area contributed by atoms with Crippen LogP contribution in [0.4, 0.5) is 0 Å². The van der Waals surface area contributed by atoms with Gasteiger partial charge in [0, 0.05) is 32.7 Å². The van der Waals surface area contributed by atoms with Crippen LogP contribution in [0.15, 0.2) is 42.9 Å². The van der Waals surface area contributed by atoms with Crippen LogP contribution >= 0.6 is 0 Å². The lowest BCUT2D eigenvalue weighted by molar-refractivity contribution is 0.108. The summed E-state index contributed by atoms with van der Waals surface area (Å²) < 4.78 is 0. The van der Waals surface area contributed by atoms with E-state index in [9.17, 15) is 5.26 Å². The van der Waals surface area contributed by atoms with Crippen LogP contribution in [0.1, 0.15) is 17.3 Å². The smallest absolute Gasteiger partial charge is 0.140 e. The molecule has 0 bridgehead atoms. The largest absolute Gasteiger partial charge is 0.346 e. The molecule has 0 amide bonds. The summed E-state index contributed by atoms with van der Waals surface area (Å²) in [6.07, 6.45) is 3.37. The molecule has 0 radical (unpaired) electrons. The van der Waals surface area contributed by atoms with Gasteiger partial charge in [0.25, 0.3) is 0 Å². The molecule has 3 rings (SSSR count). The first kappa shape index (κ1) is 13.8. The number of imidazole rings is 1. The molecule has 1 unspecified atom stereocenters. The van der Waals surface area contributed by atoms with Crippen LogP contribution in [0.3, 0.4) is 0 Å². The van der Waals surface area contributed by atoms with Crippen LogP contribution in [0.25, 0.3) is 0 Å². The fourth-order valence-corrected chi connectivity index (χ4v) is 2.79. The molecule has 5 heteroatoms. The molecule has 1 aliphatic heterocycles. The summed E-state index contributed by atoms with van der Waals surface area (Å²) >= 11 is 0. The van der Waals surface area contributed by atoms with Crippen LogP contribution in [0, 0.1) is 11.3 Å². The second-order valence-corrected chi connectivity index (χ2v) is 5.34. The molecule has 1 N–H and O–H groups in total. The first-order chi connectivity index (χ1) is 10.4. The first-order valence-corrected chi connectivity index (χ1v) is 7.25. The van der Waals surface area contributed by atoms with Crippen LogP contribution in [-0.2, 0) is 6.54 Å². The van der Waals surface area contributed by atoms with Gasteiger partial charge in [0.1, 0.15) is 6.04 Å². The highest BCUT2D eigenvalue weighted by molar-refractivity contribution is 5.15. The standard InChI is InChI=1S/C16H19N5/c17-10-16(15-11-18-13-19-15)21-8-6-20(7-9-21)12-14-4-2-1-3-5-14/h1-5,11,13,16H,6-9,12H2,(H,18,19). The fraction of sp³-hybridized carbons (Fsp3) is 0.375. The Kier molecular flexibility index (Phi) is 4.29. The summed E-state index contributed by atoms with van der Waals surface area (Å²) in [5, 5.41) is 9.40. The lowest BCUT2D eigenvalue weighted by Crippen LogP contribution is -2.47. The number of nitrogens with one attached hydrogen (secondary N) is 1. The number of benzene rings is 1. The number of rotatable bonds is 4. The minimum absolute atomic E-state index is 0.216. The summed E-state index contributed by atoms with van der Waals surface area (Å²) in [7, 11) is 0. The van der Waals surface area contributed by atoms with Crippen LogP contribution in [-0.4, -0.2) is 45.9 Å². The second kappa shape index (κ2) is 6.53. The summed E-state index contributed by atoms with van der Waals surface area (Å²) in [4.78, 5) is 11.7. The predicted molar refractivity (Wildman–Crippen MR) is 80.2 cm³/mol. The van der Waals surface area contributed by atoms with Crippen molar-refractivity contribution in [1.29, 1.82) is 5.26 Å². The van der Waals surface area contributed by atoms with Gasteiger partial charge in [-0.15, -0.1) is 0 Å². The average molecular weight is 281 g/mol. The van der Waals surface area contributed by atoms with E-state index in [0.717, 1.165) is 38.4 Å². The van der Waals surface area contributed by atoms with Gasteiger partial charge in [-0.05, 0) is 5.56 Å². The van der Waals surface area contributed by atoms with Crippen molar-refractivity contribution >= 4 is 0 Å². The van der Waals surface area contributed by atoms with E-state index in [2.05, 4.69) is 50.1 Å². The number of nitrogens with zero attached hydrogens (tertiary/aromatic N) is 4. The second-order valence-electron chi connectivity index (χ2n) is 5.34. The van der Waals surface area contributed by atoms with Crippen molar-refractivity contribution in [1.82, 2.24) is 19.8 Å². The van der Waals surface area contributed by atoms with Gasteiger partial charge in [0.2, 0.25) is 0 Å². The van der Waals surface area contributed by atoms with Crippen molar-refractivity contribution in [3.63, 3.8) is 0 Å². The van der Waals surface area contributed by atoms with E-state index in [4.69, 9.17) is 0 Å². The Morgan fingerprint density at radius 3 is 2.57 bits per heavy atom. The molecule has 1 aromatic heterocycles. The third-order valence-electron chi connectivity index (χ3n) is 3.96. The number of H-pyrrole nitrogens is 1. The quantitative estimate of drug-likeness (QED) is 0.928. The Hall–Kier alpha value is -2.16. The van der Waals surface area contributed by atoms with E-state index in [1.165, 1.54) is 5.56 Å². The number of hydrogen-bond donors (Lipinski definition) is 1. The monoisotopic (exact) mass is 281 g/mol. The van der Waals surface area contributed by atoms with Crippen molar-refractivity contribution in [2.75, 3.05) is 26.2 Å². The maximum atomic E-state index is 9.40. The van der Waals surface area contributed by atoms with E-state index in [-0.39, 0.29) is 6.04 Å². The molecule has 2 aromatic rings. The van der Waals surface area contributed by atoms with Crippen molar-refractivity contribution in [3.05, 3.63) is 54.1 Å². The molecule has 1 atom stereocenters. The minimum atomic E-state index is -0.216. The number of aromatic amines is 1. The molecule has 1 aromatic carbocycles. The maximum Gasteiger partial charge on any atom is 0.140 e. The van der Waals surface area contributed by atoms with Gasteiger partial charge in [0.15, 0.2) is 0 Å². The summed E-state index contributed by atoms with van der Waals surface area (Å²) in [6.45, 7) is 4.77.